The van der Waals surface area contributed by atoms with Gasteiger partial charge >= 0.3 is 0 Å². The van der Waals surface area contributed by atoms with E-state index in [1.54, 1.807) is 0 Å². The van der Waals surface area contributed by atoms with Gasteiger partial charge in [-0.25, -0.2) is 0 Å². The summed E-state index contributed by atoms with van der Waals surface area (Å²) in [5.41, 5.74) is 1.20. The van der Waals surface area contributed by atoms with Gasteiger partial charge in [0.15, 0.2) is 0 Å². The van der Waals surface area contributed by atoms with Crippen molar-refractivity contribution in [2.75, 3.05) is 6.61 Å². The highest BCUT2D eigenvalue weighted by Crippen LogP contribution is 2.02. The van der Waals surface area contributed by atoms with Gasteiger partial charge in [-0.2, -0.15) is 0 Å². The third-order valence-electron chi connectivity index (χ3n) is 1.78. The first-order valence-electron chi connectivity index (χ1n) is 4.55. The van der Waals surface area contributed by atoms with Crippen LogP contribution in [0.1, 0.15) is 12.5 Å². The number of rotatable bonds is 4. The molecule has 0 heterocycles. The number of halogens is 1. The third-order valence-corrected chi connectivity index (χ3v) is 2.01. The number of benzene rings is 1. The lowest BCUT2D eigenvalue weighted by molar-refractivity contribution is 0.106. The fourth-order valence-corrected chi connectivity index (χ4v) is 1.45. The molecule has 2 heteroatoms. The molecule has 0 aliphatic carbocycles. The van der Waals surface area contributed by atoms with E-state index in [1.807, 2.05) is 25.1 Å². The Morgan fingerprint density at radius 3 is 2.71 bits per heavy atom. The van der Waals surface area contributed by atoms with Crippen molar-refractivity contribution in [1.82, 2.24) is 0 Å². The summed E-state index contributed by atoms with van der Waals surface area (Å²) in [6.45, 7) is 3.38. The highest BCUT2D eigenvalue weighted by molar-refractivity contribution is 9.12. The smallest absolute Gasteiger partial charge is 0.0717 e. The topological polar surface area (TPSA) is 9.23 Å². The van der Waals surface area contributed by atoms with Gasteiger partial charge in [-0.15, -0.1) is 0 Å². The van der Waals surface area contributed by atoms with Crippen LogP contribution in [-0.2, 0) is 11.3 Å². The molecule has 0 saturated carbocycles. The molecule has 0 spiro atoms. The monoisotopic (exact) mass is 252 g/mol. The van der Waals surface area contributed by atoms with Gasteiger partial charge in [-0.3, -0.25) is 0 Å². The van der Waals surface area contributed by atoms with E-state index in [1.165, 1.54) is 5.56 Å². The van der Waals surface area contributed by atoms with E-state index in [9.17, 15) is 0 Å². The zero-order valence-electron chi connectivity index (χ0n) is 8.16. The van der Waals surface area contributed by atoms with Crippen molar-refractivity contribution in [3.05, 3.63) is 35.9 Å². The van der Waals surface area contributed by atoms with E-state index in [0.29, 0.717) is 13.2 Å². The molecule has 0 amide bonds. The molecule has 0 aliphatic rings. The second kappa shape index (κ2) is 6.64. The number of ether oxygens (including phenoxy) is 1. The Labute approximate surface area is 93.6 Å². The lowest BCUT2D eigenvalue weighted by atomic mass is 10.2. The van der Waals surface area contributed by atoms with Crippen molar-refractivity contribution in [3.63, 3.8) is 0 Å². The van der Waals surface area contributed by atoms with Gasteiger partial charge < -0.3 is 4.74 Å². The maximum atomic E-state index is 5.51. The highest BCUT2D eigenvalue weighted by atomic mass is 79.9. The molecule has 0 radical (unpaired) electrons. The molecule has 0 N–H and O–H groups in total. The second-order valence-corrected chi connectivity index (χ2v) is 3.54. The minimum absolute atomic E-state index is 0.276. The van der Waals surface area contributed by atoms with Gasteiger partial charge in [0.2, 0.25) is 0 Å². The van der Waals surface area contributed by atoms with Gasteiger partial charge in [0.25, 0.3) is 0 Å². The fourth-order valence-electron chi connectivity index (χ4n) is 1.06. The molecule has 0 unspecified atom stereocenters. The van der Waals surface area contributed by atoms with Gasteiger partial charge in [0.1, 0.15) is 0 Å². The maximum Gasteiger partial charge on any atom is 0.0717 e. The van der Waals surface area contributed by atoms with E-state index in [4.69, 9.17) is 4.74 Å². The molecule has 0 aliphatic heterocycles. The summed E-state index contributed by atoms with van der Waals surface area (Å²) >= 11 is 3.07. The standard InChI is InChI=1S/C12H13BrO/c1-11(7-8-13)9-14-10-12-5-3-2-4-6-12/h2-6,11H,9-10H2,1H3/t11-/m1/s1. The largest absolute Gasteiger partial charge is 0.376 e. The van der Waals surface area contributed by atoms with Crippen LogP contribution in [0.2, 0.25) is 0 Å². The molecule has 74 valence electrons. The van der Waals surface area contributed by atoms with E-state index >= 15 is 0 Å². The first kappa shape index (κ1) is 11.3. The Bertz CT molecular complexity index is 310. The van der Waals surface area contributed by atoms with Gasteiger partial charge in [-0.05, 0) is 17.3 Å². The normalized spacial score (nSPS) is 11.6. The molecule has 1 nitrogen and oxygen atoms in total. The summed E-state index contributed by atoms with van der Waals surface area (Å²) < 4.78 is 5.51. The SMILES string of the molecule is C[C@H](C#CBr)COCc1ccccc1. The Morgan fingerprint density at radius 1 is 1.36 bits per heavy atom. The molecular weight excluding hydrogens is 240 g/mol. The van der Waals surface area contributed by atoms with Crippen LogP contribution in [0.5, 0.6) is 0 Å². The molecule has 0 fully saturated rings. The Hall–Kier alpha value is -0.780. The molecule has 1 aromatic carbocycles. The first-order chi connectivity index (χ1) is 6.83. The van der Waals surface area contributed by atoms with Crippen LogP contribution in [0.4, 0.5) is 0 Å². The Kier molecular flexibility index (Phi) is 5.36. The summed E-state index contributed by atoms with van der Waals surface area (Å²) in [6, 6.07) is 10.1. The summed E-state index contributed by atoms with van der Waals surface area (Å²) in [4.78, 5) is 2.70. The lowest BCUT2D eigenvalue weighted by Gasteiger charge is -2.05. The summed E-state index contributed by atoms with van der Waals surface area (Å²) in [6.07, 6.45) is 0. The van der Waals surface area contributed by atoms with Gasteiger partial charge in [0.05, 0.1) is 13.2 Å². The van der Waals surface area contributed by atoms with Gasteiger partial charge in [0, 0.05) is 21.8 Å². The maximum absolute atomic E-state index is 5.51. The average Bonchev–Trinajstić information content (AvgIpc) is 2.20. The van der Waals surface area contributed by atoms with Crippen LogP contribution in [0.25, 0.3) is 0 Å². The summed E-state index contributed by atoms with van der Waals surface area (Å²) in [5.74, 6) is 3.25. The van der Waals surface area contributed by atoms with E-state index in [2.05, 4.69) is 38.8 Å². The molecule has 1 rings (SSSR count). The van der Waals surface area contributed by atoms with Gasteiger partial charge in [-0.1, -0.05) is 36.3 Å². The molecule has 14 heavy (non-hydrogen) atoms. The molecule has 1 aromatic rings. The lowest BCUT2D eigenvalue weighted by Crippen LogP contribution is -2.03. The predicted octanol–water partition coefficient (Wildman–Crippen LogP) is 3.20. The fraction of sp³-hybridized carbons (Fsp3) is 0.333. The Balaban J connectivity index is 2.24. The minimum Gasteiger partial charge on any atom is -0.376 e. The predicted molar refractivity (Wildman–Crippen MR) is 62.0 cm³/mol. The van der Waals surface area contributed by atoms with E-state index in [0.717, 1.165) is 0 Å². The van der Waals surface area contributed by atoms with Crippen LogP contribution in [0.3, 0.4) is 0 Å². The molecular formula is C12H13BrO. The first-order valence-corrected chi connectivity index (χ1v) is 5.35. The molecule has 1 atom stereocenters. The van der Waals surface area contributed by atoms with Crippen molar-refractivity contribution in [1.29, 1.82) is 0 Å². The van der Waals surface area contributed by atoms with Crippen LogP contribution in [0.15, 0.2) is 30.3 Å². The average molecular weight is 253 g/mol. The second-order valence-electron chi connectivity index (χ2n) is 3.14. The number of hydrogen-bond donors (Lipinski definition) is 0. The number of hydrogen-bond acceptors (Lipinski definition) is 1. The highest BCUT2D eigenvalue weighted by Gasteiger charge is 1.97. The van der Waals surface area contributed by atoms with Crippen molar-refractivity contribution >= 4 is 15.9 Å². The van der Waals surface area contributed by atoms with Crippen molar-refractivity contribution in [2.24, 2.45) is 5.92 Å². The third kappa shape index (κ3) is 4.45. The van der Waals surface area contributed by atoms with Crippen LogP contribution in [-0.4, -0.2) is 6.61 Å². The van der Waals surface area contributed by atoms with E-state index in [-0.39, 0.29) is 5.92 Å². The van der Waals surface area contributed by atoms with Crippen LogP contribution < -0.4 is 0 Å². The van der Waals surface area contributed by atoms with Crippen molar-refractivity contribution in [3.8, 4) is 10.8 Å². The minimum atomic E-state index is 0.276. The molecule has 0 aromatic heterocycles. The van der Waals surface area contributed by atoms with Crippen molar-refractivity contribution < 1.29 is 4.74 Å². The van der Waals surface area contributed by atoms with E-state index < -0.39 is 0 Å². The zero-order chi connectivity index (χ0) is 10.2. The summed E-state index contributed by atoms with van der Waals surface area (Å²) in [7, 11) is 0. The summed E-state index contributed by atoms with van der Waals surface area (Å²) in [5, 5.41) is 0. The zero-order valence-corrected chi connectivity index (χ0v) is 9.75. The Morgan fingerprint density at radius 2 is 2.07 bits per heavy atom. The van der Waals surface area contributed by atoms with Crippen LogP contribution >= 0.6 is 15.9 Å². The molecule has 0 saturated heterocycles. The van der Waals surface area contributed by atoms with Crippen LogP contribution in [0, 0.1) is 16.7 Å². The quantitative estimate of drug-likeness (QED) is 0.749. The van der Waals surface area contributed by atoms with Crippen molar-refractivity contribution in [2.45, 2.75) is 13.5 Å². The molecule has 0 bridgehead atoms.